The standard InChI is InChI=1S/C32H38N6O3/c1-22(23-7-4-3-5-8-23)19-26(39)37-17-15-31(41,16-18-37)20-38-21-34-27-28(30(38)40)35-36(2)29(27)24-9-11-25(12-10-24)32(33)13-6-14-32/h3-5,7-12,21-22,41H,6,13-20,33H2,1-2H3. The van der Waals surface area contributed by atoms with Crippen LogP contribution in [-0.4, -0.2) is 53.9 Å². The van der Waals surface area contributed by atoms with Crippen molar-refractivity contribution in [1.82, 2.24) is 24.2 Å². The van der Waals surface area contributed by atoms with Gasteiger partial charge >= 0.3 is 0 Å². The Hall–Kier alpha value is -3.82. The Morgan fingerprint density at radius 3 is 2.34 bits per heavy atom. The monoisotopic (exact) mass is 554 g/mol. The average molecular weight is 555 g/mol. The molecule has 1 saturated heterocycles. The number of aliphatic hydroxyl groups is 1. The minimum Gasteiger partial charge on any atom is -0.388 e. The first kappa shape index (κ1) is 27.4. The van der Waals surface area contributed by atoms with Gasteiger partial charge in [0.15, 0.2) is 5.52 Å². The number of benzene rings is 2. The van der Waals surface area contributed by atoms with E-state index in [1.54, 1.807) is 4.68 Å². The third-order valence-corrected chi connectivity index (χ3v) is 9.15. The van der Waals surface area contributed by atoms with E-state index in [-0.39, 0.29) is 35.0 Å². The van der Waals surface area contributed by atoms with Gasteiger partial charge in [-0.3, -0.25) is 18.8 Å². The highest BCUT2D eigenvalue weighted by Crippen LogP contribution is 2.39. The SMILES string of the molecule is CC(CC(=O)N1CCC(O)(Cn2cnc3c(-c4ccc(C5(N)CCC5)cc4)n(C)nc3c2=O)CC1)c1ccccc1. The molecular formula is C32H38N6O3. The third kappa shape index (κ3) is 5.20. The van der Waals surface area contributed by atoms with E-state index in [0.29, 0.717) is 37.9 Å². The highest BCUT2D eigenvalue weighted by Gasteiger charge is 2.36. The molecular weight excluding hydrogens is 516 g/mol. The van der Waals surface area contributed by atoms with Gasteiger partial charge in [-0.25, -0.2) is 4.98 Å². The average Bonchev–Trinajstić information content (AvgIpc) is 3.30. The highest BCUT2D eigenvalue weighted by atomic mass is 16.3. The second kappa shape index (κ2) is 10.5. The molecule has 9 heteroatoms. The summed E-state index contributed by atoms with van der Waals surface area (Å²) in [6, 6.07) is 18.2. The molecule has 1 aliphatic heterocycles. The molecule has 0 bridgehead atoms. The smallest absolute Gasteiger partial charge is 0.281 e. The molecule has 1 amide bonds. The maximum atomic E-state index is 13.5. The molecule has 3 N–H and O–H groups in total. The van der Waals surface area contributed by atoms with Crippen molar-refractivity contribution in [2.24, 2.45) is 12.8 Å². The molecule has 6 rings (SSSR count). The fraction of sp³-hybridized carbons (Fsp3) is 0.438. The molecule has 0 radical (unpaired) electrons. The number of aromatic nitrogens is 4. The van der Waals surface area contributed by atoms with Crippen molar-refractivity contribution in [3.63, 3.8) is 0 Å². The van der Waals surface area contributed by atoms with Crippen molar-refractivity contribution in [3.05, 3.63) is 82.4 Å². The number of carbonyl (C=O) groups is 1. The van der Waals surface area contributed by atoms with Gasteiger partial charge in [0.2, 0.25) is 5.91 Å². The molecule has 1 saturated carbocycles. The summed E-state index contributed by atoms with van der Waals surface area (Å²) in [5, 5.41) is 15.9. The Labute approximate surface area is 239 Å². The molecule has 41 heavy (non-hydrogen) atoms. The number of piperidine rings is 1. The van der Waals surface area contributed by atoms with Crippen molar-refractivity contribution in [1.29, 1.82) is 0 Å². The molecule has 214 valence electrons. The van der Waals surface area contributed by atoms with E-state index in [4.69, 9.17) is 5.73 Å². The first-order chi connectivity index (χ1) is 19.7. The van der Waals surface area contributed by atoms with E-state index in [0.717, 1.165) is 41.6 Å². The number of hydrogen-bond donors (Lipinski definition) is 2. The van der Waals surface area contributed by atoms with Gasteiger partial charge in [-0.2, -0.15) is 5.10 Å². The number of nitrogens with zero attached hydrogens (tertiary/aromatic N) is 5. The van der Waals surface area contributed by atoms with Crippen LogP contribution in [0, 0.1) is 0 Å². The van der Waals surface area contributed by atoms with Crippen molar-refractivity contribution in [3.8, 4) is 11.3 Å². The fourth-order valence-electron chi connectivity index (χ4n) is 6.28. The lowest BCUT2D eigenvalue weighted by atomic mass is 9.72. The van der Waals surface area contributed by atoms with Gasteiger partial charge in [0, 0.05) is 37.7 Å². The Kier molecular flexibility index (Phi) is 7.03. The summed E-state index contributed by atoms with van der Waals surface area (Å²) < 4.78 is 3.14. The molecule has 2 aliphatic rings. The van der Waals surface area contributed by atoms with Crippen LogP contribution >= 0.6 is 0 Å². The summed E-state index contributed by atoms with van der Waals surface area (Å²) in [6.07, 6.45) is 5.87. The normalized spacial score (nSPS) is 18.7. The number of carbonyl (C=O) groups excluding carboxylic acids is 1. The lowest BCUT2D eigenvalue weighted by Crippen LogP contribution is -2.49. The zero-order valence-electron chi connectivity index (χ0n) is 23.8. The second-order valence-corrected chi connectivity index (χ2v) is 12.1. The highest BCUT2D eigenvalue weighted by molar-refractivity contribution is 5.89. The van der Waals surface area contributed by atoms with Gasteiger partial charge in [0.25, 0.3) is 5.56 Å². The third-order valence-electron chi connectivity index (χ3n) is 9.15. The molecule has 2 aromatic carbocycles. The van der Waals surface area contributed by atoms with Crippen LogP contribution in [-0.2, 0) is 23.9 Å². The summed E-state index contributed by atoms with van der Waals surface area (Å²) in [5.74, 6) is 0.217. The van der Waals surface area contributed by atoms with Gasteiger partial charge in [0.05, 0.1) is 24.2 Å². The fourth-order valence-corrected chi connectivity index (χ4v) is 6.28. The van der Waals surface area contributed by atoms with Crippen LogP contribution in [0.1, 0.15) is 62.5 Å². The summed E-state index contributed by atoms with van der Waals surface area (Å²) in [4.78, 5) is 32.9. The van der Waals surface area contributed by atoms with Gasteiger partial charge in [-0.15, -0.1) is 0 Å². The number of likely N-dealkylation sites (tertiary alicyclic amines) is 1. The first-order valence-corrected chi connectivity index (χ1v) is 14.5. The van der Waals surface area contributed by atoms with Crippen LogP contribution in [0.4, 0.5) is 0 Å². The van der Waals surface area contributed by atoms with Crippen molar-refractivity contribution in [2.75, 3.05) is 13.1 Å². The maximum Gasteiger partial charge on any atom is 0.281 e. The molecule has 1 aliphatic carbocycles. The second-order valence-electron chi connectivity index (χ2n) is 12.1. The van der Waals surface area contributed by atoms with Crippen molar-refractivity contribution in [2.45, 2.75) is 69.1 Å². The van der Waals surface area contributed by atoms with Crippen LogP contribution in [0.5, 0.6) is 0 Å². The van der Waals surface area contributed by atoms with Crippen LogP contribution in [0.25, 0.3) is 22.3 Å². The van der Waals surface area contributed by atoms with E-state index in [1.165, 1.54) is 10.9 Å². The van der Waals surface area contributed by atoms with Crippen LogP contribution in [0.15, 0.2) is 65.7 Å². The molecule has 9 nitrogen and oxygen atoms in total. The Balaban J connectivity index is 1.14. The van der Waals surface area contributed by atoms with Crippen LogP contribution < -0.4 is 11.3 Å². The Morgan fingerprint density at radius 1 is 1.02 bits per heavy atom. The summed E-state index contributed by atoms with van der Waals surface area (Å²) >= 11 is 0. The molecule has 2 fully saturated rings. The van der Waals surface area contributed by atoms with Crippen molar-refractivity contribution < 1.29 is 9.90 Å². The number of rotatable bonds is 7. The number of nitrogens with two attached hydrogens (primary N) is 1. The molecule has 1 atom stereocenters. The van der Waals surface area contributed by atoms with Gasteiger partial charge in [0.1, 0.15) is 5.52 Å². The van der Waals surface area contributed by atoms with Gasteiger partial charge < -0.3 is 15.7 Å². The largest absolute Gasteiger partial charge is 0.388 e. The molecule has 3 heterocycles. The molecule has 1 unspecified atom stereocenters. The van der Waals surface area contributed by atoms with Crippen molar-refractivity contribution >= 4 is 16.9 Å². The van der Waals surface area contributed by atoms with Gasteiger partial charge in [-0.05, 0) is 49.1 Å². The topological polar surface area (TPSA) is 119 Å². The Morgan fingerprint density at radius 2 is 1.71 bits per heavy atom. The van der Waals surface area contributed by atoms with E-state index in [2.05, 4.69) is 29.1 Å². The quantitative estimate of drug-likeness (QED) is 0.360. The lowest BCUT2D eigenvalue weighted by Gasteiger charge is -2.38. The number of aryl methyl sites for hydroxylation is 1. The minimum atomic E-state index is -1.10. The predicted octanol–water partition coefficient (Wildman–Crippen LogP) is 3.68. The first-order valence-electron chi connectivity index (χ1n) is 14.5. The van der Waals surface area contributed by atoms with Crippen LogP contribution in [0.3, 0.4) is 0 Å². The zero-order valence-corrected chi connectivity index (χ0v) is 23.8. The lowest BCUT2D eigenvalue weighted by molar-refractivity contribution is -0.136. The minimum absolute atomic E-state index is 0.0898. The summed E-state index contributed by atoms with van der Waals surface area (Å²) in [5.41, 5.74) is 9.63. The predicted molar refractivity (Wildman–Crippen MR) is 158 cm³/mol. The summed E-state index contributed by atoms with van der Waals surface area (Å²) in [6.45, 7) is 3.08. The van der Waals surface area contributed by atoms with E-state index in [1.807, 2.05) is 54.4 Å². The zero-order chi connectivity index (χ0) is 28.8. The number of fused-ring (bicyclic) bond motifs is 1. The van der Waals surface area contributed by atoms with E-state index < -0.39 is 5.60 Å². The summed E-state index contributed by atoms with van der Waals surface area (Å²) in [7, 11) is 1.81. The number of amides is 1. The van der Waals surface area contributed by atoms with E-state index in [9.17, 15) is 14.7 Å². The Bertz CT molecular complexity index is 1610. The van der Waals surface area contributed by atoms with Crippen LogP contribution in [0.2, 0.25) is 0 Å². The molecule has 0 spiro atoms. The molecule has 2 aromatic heterocycles. The molecule has 4 aromatic rings. The van der Waals surface area contributed by atoms with Gasteiger partial charge in [-0.1, -0.05) is 61.5 Å². The number of hydrogen-bond acceptors (Lipinski definition) is 6. The van der Waals surface area contributed by atoms with E-state index >= 15 is 0 Å². The maximum absolute atomic E-state index is 13.5.